The minimum Gasteiger partial charge on any atom is -0.409 e. The first-order chi connectivity index (χ1) is 7.85. The first-order valence-electron chi connectivity index (χ1n) is 5.30. The molecule has 0 saturated heterocycles. The van der Waals surface area contributed by atoms with Gasteiger partial charge in [0, 0.05) is 19.8 Å². The van der Waals surface area contributed by atoms with E-state index in [1.54, 1.807) is 13.8 Å². The van der Waals surface area contributed by atoms with E-state index in [2.05, 4.69) is 5.16 Å². The Bertz CT molecular complexity index is 340. The fourth-order valence-corrected chi connectivity index (χ4v) is 2.98. The Balaban J connectivity index is 4.68. The van der Waals surface area contributed by atoms with Crippen LogP contribution in [0.2, 0.25) is 0 Å². The average molecular weight is 267 g/mol. The van der Waals surface area contributed by atoms with Crippen molar-refractivity contribution in [1.82, 2.24) is 4.31 Å². The number of rotatable bonds is 8. The lowest BCUT2D eigenvalue weighted by molar-refractivity contribution is 0.199. The summed E-state index contributed by atoms with van der Waals surface area (Å²) in [5, 5.41) is 11.3. The third-order valence-electron chi connectivity index (χ3n) is 2.13. The second-order valence-corrected chi connectivity index (χ2v) is 5.93. The smallest absolute Gasteiger partial charge is 0.214 e. The molecule has 0 aromatic carbocycles. The molecule has 0 radical (unpaired) electrons. The van der Waals surface area contributed by atoms with Gasteiger partial charge in [-0.1, -0.05) is 5.16 Å². The molecule has 0 aromatic rings. The predicted molar refractivity (Wildman–Crippen MR) is 65.5 cm³/mol. The van der Waals surface area contributed by atoms with Crippen LogP contribution in [-0.2, 0) is 14.8 Å². The molecule has 102 valence electrons. The van der Waals surface area contributed by atoms with Crippen molar-refractivity contribution in [2.75, 3.05) is 26.0 Å². The molecule has 17 heavy (non-hydrogen) atoms. The van der Waals surface area contributed by atoms with Crippen molar-refractivity contribution in [2.45, 2.75) is 26.3 Å². The fourth-order valence-electron chi connectivity index (χ4n) is 1.30. The van der Waals surface area contributed by atoms with E-state index in [-0.39, 0.29) is 24.2 Å². The molecule has 0 atom stereocenters. The van der Waals surface area contributed by atoms with Crippen LogP contribution in [0.3, 0.4) is 0 Å². The summed E-state index contributed by atoms with van der Waals surface area (Å²) in [5.74, 6) is -0.147. The number of hydrogen-bond donors (Lipinski definition) is 2. The van der Waals surface area contributed by atoms with Gasteiger partial charge in [-0.15, -0.1) is 0 Å². The van der Waals surface area contributed by atoms with E-state index in [0.717, 1.165) is 0 Å². The molecule has 0 heterocycles. The van der Waals surface area contributed by atoms with Crippen LogP contribution in [0.4, 0.5) is 0 Å². The van der Waals surface area contributed by atoms with E-state index < -0.39 is 10.0 Å². The van der Waals surface area contributed by atoms with Crippen molar-refractivity contribution >= 4 is 15.9 Å². The molecule has 0 saturated carbocycles. The van der Waals surface area contributed by atoms with Crippen molar-refractivity contribution in [1.29, 1.82) is 0 Å². The Morgan fingerprint density at radius 2 is 2.12 bits per heavy atom. The highest BCUT2D eigenvalue weighted by atomic mass is 32.2. The minimum absolute atomic E-state index is 0.0161. The summed E-state index contributed by atoms with van der Waals surface area (Å²) in [5.41, 5.74) is 5.33. The van der Waals surface area contributed by atoms with Gasteiger partial charge in [0.15, 0.2) is 5.84 Å². The molecule has 0 spiro atoms. The molecule has 0 fully saturated rings. The Morgan fingerprint density at radius 3 is 2.53 bits per heavy atom. The standard InChI is InChI=1S/C9H21N3O4S/c1-8(2)12(7-9(10)11-13)17(14,15)6-4-5-16-3/h8,13H,4-7H2,1-3H3,(H2,10,11). The lowest BCUT2D eigenvalue weighted by Crippen LogP contribution is -2.44. The summed E-state index contributed by atoms with van der Waals surface area (Å²) in [4.78, 5) is 0. The molecule has 0 amide bonds. The van der Waals surface area contributed by atoms with Gasteiger partial charge in [0.25, 0.3) is 0 Å². The van der Waals surface area contributed by atoms with E-state index in [1.165, 1.54) is 11.4 Å². The summed E-state index contributed by atoms with van der Waals surface area (Å²) in [7, 11) is -1.90. The summed E-state index contributed by atoms with van der Waals surface area (Å²) < 4.78 is 30.0. The molecule has 0 aromatic heterocycles. The van der Waals surface area contributed by atoms with Crippen molar-refractivity contribution < 1.29 is 18.4 Å². The topological polar surface area (TPSA) is 105 Å². The monoisotopic (exact) mass is 267 g/mol. The van der Waals surface area contributed by atoms with Crippen LogP contribution in [0.15, 0.2) is 5.16 Å². The highest BCUT2D eigenvalue weighted by Crippen LogP contribution is 2.08. The van der Waals surface area contributed by atoms with Gasteiger partial charge in [-0.3, -0.25) is 0 Å². The van der Waals surface area contributed by atoms with Gasteiger partial charge >= 0.3 is 0 Å². The molecular formula is C9H21N3O4S. The Kier molecular flexibility index (Phi) is 7.09. The van der Waals surface area contributed by atoms with Gasteiger partial charge in [0.2, 0.25) is 10.0 Å². The summed E-state index contributed by atoms with van der Waals surface area (Å²) >= 11 is 0. The van der Waals surface area contributed by atoms with E-state index in [1.807, 2.05) is 0 Å². The van der Waals surface area contributed by atoms with E-state index in [9.17, 15) is 8.42 Å². The zero-order valence-corrected chi connectivity index (χ0v) is 11.3. The quantitative estimate of drug-likeness (QED) is 0.208. The highest BCUT2D eigenvalue weighted by molar-refractivity contribution is 7.89. The van der Waals surface area contributed by atoms with Gasteiger partial charge < -0.3 is 15.7 Å². The van der Waals surface area contributed by atoms with E-state index in [0.29, 0.717) is 13.0 Å². The molecule has 3 N–H and O–H groups in total. The van der Waals surface area contributed by atoms with Crippen LogP contribution in [0, 0.1) is 0 Å². The van der Waals surface area contributed by atoms with Gasteiger partial charge in [-0.05, 0) is 20.3 Å². The van der Waals surface area contributed by atoms with Gasteiger partial charge in [-0.25, -0.2) is 8.42 Å². The third-order valence-corrected chi connectivity index (χ3v) is 4.20. The maximum absolute atomic E-state index is 12.0. The zero-order valence-electron chi connectivity index (χ0n) is 10.5. The minimum atomic E-state index is -3.42. The van der Waals surface area contributed by atoms with Crippen molar-refractivity contribution in [3.05, 3.63) is 0 Å². The second kappa shape index (κ2) is 7.46. The van der Waals surface area contributed by atoms with Gasteiger partial charge in [0.1, 0.15) is 0 Å². The third kappa shape index (κ3) is 5.85. The van der Waals surface area contributed by atoms with Crippen molar-refractivity contribution in [3.8, 4) is 0 Å². The number of amidine groups is 1. The van der Waals surface area contributed by atoms with E-state index in [4.69, 9.17) is 15.7 Å². The first kappa shape index (κ1) is 16.1. The molecule has 0 bridgehead atoms. The van der Waals surface area contributed by atoms with Gasteiger partial charge in [-0.2, -0.15) is 4.31 Å². The molecule has 0 aliphatic rings. The van der Waals surface area contributed by atoms with Crippen LogP contribution in [0.5, 0.6) is 0 Å². The summed E-state index contributed by atoms with van der Waals surface area (Å²) in [6.07, 6.45) is 0.415. The molecule has 0 aliphatic heterocycles. The summed E-state index contributed by atoms with van der Waals surface area (Å²) in [6.45, 7) is 3.75. The second-order valence-electron chi connectivity index (χ2n) is 3.89. The molecule has 0 aliphatic carbocycles. The lowest BCUT2D eigenvalue weighted by Gasteiger charge is -2.25. The maximum Gasteiger partial charge on any atom is 0.214 e. The van der Waals surface area contributed by atoms with Crippen LogP contribution in [-0.4, -0.2) is 55.8 Å². The van der Waals surface area contributed by atoms with Crippen molar-refractivity contribution in [2.24, 2.45) is 10.9 Å². The lowest BCUT2D eigenvalue weighted by atomic mass is 10.4. The highest BCUT2D eigenvalue weighted by Gasteiger charge is 2.25. The Morgan fingerprint density at radius 1 is 1.53 bits per heavy atom. The summed E-state index contributed by atoms with van der Waals surface area (Å²) in [6, 6.07) is -0.247. The predicted octanol–water partition coefficient (Wildman–Crippen LogP) is -0.190. The Labute approximate surface area is 102 Å². The van der Waals surface area contributed by atoms with Gasteiger partial charge in [0.05, 0.1) is 12.3 Å². The van der Waals surface area contributed by atoms with Crippen molar-refractivity contribution in [3.63, 3.8) is 0 Å². The van der Waals surface area contributed by atoms with Crippen LogP contribution in [0.25, 0.3) is 0 Å². The zero-order chi connectivity index (χ0) is 13.5. The molecule has 0 unspecified atom stereocenters. The number of sulfonamides is 1. The maximum atomic E-state index is 12.0. The van der Waals surface area contributed by atoms with Crippen LogP contribution >= 0.6 is 0 Å². The number of methoxy groups -OCH3 is 1. The number of oxime groups is 1. The number of hydrogen-bond acceptors (Lipinski definition) is 5. The average Bonchev–Trinajstić information content (AvgIpc) is 2.24. The largest absolute Gasteiger partial charge is 0.409 e. The van der Waals surface area contributed by atoms with E-state index >= 15 is 0 Å². The molecule has 0 rings (SSSR count). The van der Waals surface area contributed by atoms with Crippen LogP contribution in [0.1, 0.15) is 20.3 Å². The number of nitrogens with zero attached hydrogens (tertiary/aromatic N) is 2. The normalized spacial score (nSPS) is 13.6. The molecule has 8 heteroatoms. The number of ether oxygens (including phenoxy) is 1. The fraction of sp³-hybridized carbons (Fsp3) is 0.889. The van der Waals surface area contributed by atoms with Crippen LogP contribution < -0.4 is 5.73 Å². The molecular weight excluding hydrogens is 246 g/mol. The SMILES string of the molecule is COCCCS(=O)(=O)N(CC(N)=NO)C(C)C. The Hall–Kier alpha value is -0.860. The first-order valence-corrected chi connectivity index (χ1v) is 6.91. The number of nitrogens with two attached hydrogens (primary N) is 1. The molecule has 7 nitrogen and oxygen atoms in total.